The van der Waals surface area contributed by atoms with E-state index in [0.717, 1.165) is 25.8 Å². The molecule has 1 atom stereocenters. The van der Waals surface area contributed by atoms with Gasteiger partial charge in [0.2, 0.25) is 5.75 Å². The minimum absolute atomic E-state index is 0.00248. The first-order valence-corrected chi connectivity index (χ1v) is 8.67. The summed E-state index contributed by atoms with van der Waals surface area (Å²) in [7, 11) is 4.65. The van der Waals surface area contributed by atoms with E-state index in [-0.39, 0.29) is 5.91 Å². The average Bonchev–Trinajstić information content (AvgIpc) is 2.60. The predicted molar refractivity (Wildman–Crippen MR) is 92.8 cm³/mol. The van der Waals surface area contributed by atoms with Crippen LogP contribution in [0.3, 0.4) is 0 Å². The van der Waals surface area contributed by atoms with Crippen LogP contribution in [0.4, 0.5) is 0 Å². The minimum atomic E-state index is 0.00248. The molecule has 0 radical (unpaired) electrons. The van der Waals surface area contributed by atoms with Crippen molar-refractivity contribution in [3.05, 3.63) is 16.1 Å². The summed E-state index contributed by atoms with van der Waals surface area (Å²) in [5, 5.41) is 0. The highest BCUT2D eigenvalue weighted by Crippen LogP contribution is 2.45. The number of likely N-dealkylation sites (tertiary alicyclic amines) is 1. The van der Waals surface area contributed by atoms with Crippen molar-refractivity contribution in [3.8, 4) is 17.2 Å². The molecule has 2 rings (SSSR count). The van der Waals surface area contributed by atoms with Gasteiger partial charge in [0.05, 0.1) is 31.4 Å². The number of hydrogen-bond acceptors (Lipinski definition) is 4. The Bertz CT molecular complexity index is 576. The average molecular weight is 386 g/mol. The van der Waals surface area contributed by atoms with E-state index in [1.54, 1.807) is 27.4 Å². The zero-order chi connectivity index (χ0) is 17.0. The highest BCUT2D eigenvalue weighted by atomic mass is 79.9. The lowest BCUT2D eigenvalue weighted by atomic mass is 9.98. The lowest BCUT2D eigenvalue weighted by Crippen LogP contribution is -2.43. The predicted octanol–water partition coefficient (Wildman–Crippen LogP) is 3.88. The molecule has 1 aliphatic heterocycles. The number of hydrogen-bond donors (Lipinski definition) is 0. The second-order valence-electron chi connectivity index (χ2n) is 5.56. The second-order valence-corrected chi connectivity index (χ2v) is 6.36. The zero-order valence-electron chi connectivity index (χ0n) is 14.1. The Hall–Kier alpha value is -1.43. The van der Waals surface area contributed by atoms with E-state index in [1.165, 1.54) is 6.42 Å². The first-order valence-electron chi connectivity index (χ1n) is 7.88. The summed E-state index contributed by atoms with van der Waals surface area (Å²) in [6, 6.07) is 2.01. The summed E-state index contributed by atoms with van der Waals surface area (Å²) < 4.78 is 16.7. The van der Waals surface area contributed by atoms with Gasteiger partial charge in [0.1, 0.15) is 0 Å². The Kier molecular flexibility index (Phi) is 6.16. The molecule has 23 heavy (non-hydrogen) atoms. The van der Waals surface area contributed by atoms with Gasteiger partial charge in [-0.05, 0) is 47.7 Å². The minimum Gasteiger partial charge on any atom is -0.493 e. The van der Waals surface area contributed by atoms with Gasteiger partial charge >= 0.3 is 0 Å². The molecule has 0 spiro atoms. The van der Waals surface area contributed by atoms with E-state index >= 15 is 0 Å². The first kappa shape index (κ1) is 17.9. The van der Waals surface area contributed by atoms with Gasteiger partial charge in [0, 0.05) is 12.6 Å². The van der Waals surface area contributed by atoms with Crippen LogP contribution in [-0.2, 0) is 0 Å². The number of amides is 1. The third-order valence-electron chi connectivity index (χ3n) is 4.36. The molecule has 6 heteroatoms. The molecule has 0 aromatic heterocycles. The van der Waals surface area contributed by atoms with Crippen LogP contribution in [0.5, 0.6) is 17.2 Å². The summed E-state index contributed by atoms with van der Waals surface area (Å²) in [5.41, 5.74) is 0.542. The van der Waals surface area contributed by atoms with Crippen molar-refractivity contribution in [1.82, 2.24) is 4.90 Å². The Morgan fingerprint density at radius 3 is 2.48 bits per heavy atom. The molecule has 0 saturated carbocycles. The van der Waals surface area contributed by atoms with Crippen molar-refractivity contribution < 1.29 is 19.0 Å². The van der Waals surface area contributed by atoms with Gasteiger partial charge in [0.15, 0.2) is 11.5 Å². The van der Waals surface area contributed by atoms with Crippen LogP contribution in [-0.4, -0.2) is 44.7 Å². The fourth-order valence-corrected chi connectivity index (χ4v) is 3.75. The third kappa shape index (κ3) is 3.42. The molecule has 0 aliphatic carbocycles. The van der Waals surface area contributed by atoms with Crippen molar-refractivity contribution >= 4 is 21.8 Å². The molecule has 128 valence electrons. The largest absolute Gasteiger partial charge is 0.493 e. The highest BCUT2D eigenvalue weighted by molar-refractivity contribution is 9.10. The molecule has 1 aliphatic rings. The molecular weight excluding hydrogens is 362 g/mol. The summed E-state index contributed by atoms with van der Waals surface area (Å²) in [6.45, 7) is 2.92. The maximum absolute atomic E-state index is 13.1. The fraction of sp³-hybridized carbons (Fsp3) is 0.588. The number of ether oxygens (including phenoxy) is 3. The van der Waals surface area contributed by atoms with Crippen LogP contribution in [0.1, 0.15) is 43.0 Å². The maximum atomic E-state index is 13.1. The van der Waals surface area contributed by atoms with E-state index < -0.39 is 0 Å². The Labute approximate surface area is 146 Å². The summed E-state index contributed by atoms with van der Waals surface area (Å²) >= 11 is 3.50. The molecule has 1 fully saturated rings. The van der Waals surface area contributed by atoms with Crippen molar-refractivity contribution in [3.63, 3.8) is 0 Å². The van der Waals surface area contributed by atoms with Crippen LogP contribution >= 0.6 is 15.9 Å². The van der Waals surface area contributed by atoms with Gasteiger partial charge in [-0.1, -0.05) is 6.92 Å². The highest BCUT2D eigenvalue weighted by Gasteiger charge is 2.30. The van der Waals surface area contributed by atoms with Crippen LogP contribution in [0, 0.1) is 0 Å². The number of halogens is 1. The molecular formula is C17H24BrNO4. The van der Waals surface area contributed by atoms with Gasteiger partial charge in [-0.3, -0.25) is 4.79 Å². The number of nitrogens with zero attached hydrogens (tertiary/aromatic N) is 1. The molecule has 1 unspecified atom stereocenters. The van der Waals surface area contributed by atoms with Crippen LogP contribution < -0.4 is 14.2 Å². The van der Waals surface area contributed by atoms with Crippen LogP contribution in [0.25, 0.3) is 0 Å². The van der Waals surface area contributed by atoms with E-state index in [0.29, 0.717) is 33.3 Å². The number of piperidine rings is 1. The second kappa shape index (κ2) is 7.90. The Balaban J connectivity index is 2.47. The Morgan fingerprint density at radius 1 is 1.22 bits per heavy atom. The van der Waals surface area contributed by atoms with Crippen molar-refractivity contribution in [2.45, 2.75) is 38.6 Å². The fourth-order valence-electron chi connectivity index (χ4n) is 3.12. The number of carbonyl (C=O) groups excluding carboxylic acids is 1. The van der Waals surface area contributed by atoms with Gasteiger partial charge in [-0.2, -0.15) is 0 Å². The van der Waals surface area contributed by atoms with Crippen LogP contribution in [0.2, 0.25) is 0 Å². The van der Waals surface area contributed by atoms with Crippen molar-refractivity contribution in [2.24, 2.45) is 0 Å². The molecule has 1 aromatic rings. The monoisotopic (exact) mass is 385 g/mol. The first-order chi connectivity index (χ1) is 11.1. The van der Waals surface area contributed by atoms with Crippen molar-refractivity contribution in [2.75, 3.05) is 27.9 Å². The van der Waals surface area contributed by atoms with Gasteiger partial charge in [-0.25, -0.2) is 0 Å². The molecule has 5 nitrogen and oxygen atoms in total. The number of methoxy groups -OCH3 is 3. The molecule has 1 heterocycles. The molecule has 0 N–H and O–H groups in total. The SMILES string of the molecule is CCC1CCCCN1C(=O)c1cc(OC)c(OC)c(OC)c1Br. The molecule has 1 amide bonds. The lowest BCUT2D eigenvalue weighted by Gasteiger charge is -2.35. The topological polar surface area (TPSA) is 48.0 Å². The van der Waals surface area contributed by atoms with Crippen LogP contribution in [0.15, 0.2) is 10.5 Å². The zero-order valence-corrected chi connectivity index (χ0v) is 15.7. The summed E-state index contributed by atoms with van der Waals surface area (Å²) in [4.78, 5) is 15.0. The summed E-state index contributed by atoms with van der Waals surface area (Å²) in [5.74, 6) is 1.44. The van der Waals surface area contributed by atoms with E-state index in [2.05, 4.69) is 22.9 Å². The lowest BCUT2D eigenvalue weighted by molar-refractivity contribution is 0.0606. The van der Waals surface area contributed by atoms with Crippen molar-refractivity contribution in [1.29, 1.82) is 0 Å². The summed E-state index contributed by atoms with van der Waals surface area (Å²) in [6.07, 6.45) is 4.25. The quantitative estimate of drug-likeness (QED) is 0.771. The standard InChI is InChI=1S/C17H24BrNO4/c1-5-11-8-6-7-9-19(11)17(20)12-10-13(21-2)15(22-3)16(23-4)14(12)18/h10-11H,5-9H2,1-4H3. The van der Waals surface area contributed by atoms with Gasteiger partial charge in [-0.15, -0.1) is 0 Å². The number of carbonyl (C=O) groups is 1. The molecule has 0 bridgehead atoms. The smallest absolute Gasteiger partial charge is 0.255 e. The van der Waals surface area contributed by atoms with Gasteiger partial charge < -0.3 is 19.1 Å². The van der Waals surface area contributed by atoms with E-state index in [4.69, 9.17) is 14.2 Å². The number of rotatable bonds is 5. The van der Waals surface area contributed by atoms with Gasteiger partial charge in [0.25, 0.3) is 5.91 Å². The third-order valence-corrected chi connectivity index (χ3v) is 5.15. The van der Waals surface area contributed by atoms with E-state index in [9.17, 15) is 4.79 Å². The van der Waals surface area contributed by atoms with E-state index in [1.807, 2.05) is 4.90 Å². The molecule has 1 saturated heterocycles. The normalized spacial score (nSPS) is 17.8. The molecule has 1 aromatic carbocycles. The maximum Gasteiger partial charge on any atom is 0.255 e. The Morgan fingerprint density at radius 2 is 1.91 bits per heavy atom. The number of benzene rings is 1.